The van der Waals surface area contributed by atoms with Crippen molar-refractivity contribution in [1.82, 2.24) is 4.57 Å². The Bertz CT molecular complexity index is 974. The van der Waals surface area contributed by atoms with Crippen molar-refractivity contribution in [3.05, 3.63) is 44.3 Å². The lowest BCUT2D eigenvalue weighted by Crippen LogP contribution is -2.21. The number of carbonyl (C=O) groups excluding carboxylic acids is 1. The van der Waals surface area contributed by atoms with Crippen LogP contribution in [0.3, 0.4) is 0 Å². The average Bonchev–Trinajstić information content (AvgIpc) is 3.42. The topological polar surface area (TPSA) is 106 Å². The SMILES string of the molecule is CCOC(=O)c1cn(C2CC2)c2c(OC)c(N=[N+]=[N-])c(F)cc2c1=O. The summed E-state index contributed by atoms with van der Waals surface area (Å²) in [5.74, 6) is -1.70. The van der Waals surface area contributed by atoms with Crippen LogP contribution in [0.4, 0.5) is 10.1 Å². The number of benzene rings is 1. The molecule has 130 valence electrons. The maximum Gasteiger partial charge on any atom is 0.343 e. The van der Waals surface area contributed by atoms with Gasteiger partial charge < -0.3 is 14.0 Å². The fourth-order valence-corrected chi connectivity index (χ4v) is 2.77. The summed E-state index contributed by atoms with van der Waals surface area (Å²) in [6.07, 6.45) is 3.09. The third-order valence-corrected chi connectivity index (χ3v) is 3.98. The van der Waals surface area contributed by atoms with E-state index in [4.69, 9.17) is 15.0 Å². The van der Waals surface area contributed by atoms with Crippen molar-refractivity contribution in [2.45, 2.75) is 25.8 Å². The van der Waals surface area contributed by atoms with Crippen LogP contribution in [0.5, 0.6) is 5.75 Å². The summed E-state index contributed by atoms with van der Waals surface area (Å²) in [5.41, 5.74) is 7.81. The van der Waals surface area contributed by atoms with E-state index in [1.54, 1.807) is 11.5 Å². The van der Waals surface area contributed by atoms with Gasteiger partial charge in [-0.2, -0.15) is 0 Å². The molecule has 0 aliphatic heterocycles. The van der Waals surface area contributed by atoms with Crippen molar-refractivity contribution in [2.75, 3.05) is 13.7 Å². The molecule has 1 aliphatic rings. The van der Waals surface area contributed by atoms with Gasteiger partial charge in [0.1, 0.15) is 17.1 Å². The highest BCUT2D eigenvalue weighted by Crippen LogP contribution is 2.43. The Balaban J connectivity index is 2.44. The quantitative estimate of drug-likeness (QED) is 0.357. The second-order valence-electron chi connectivity index (χ2n) is 5.56. The first kappa shape index (κ1) is 16.8. The van der Waals surface area contributed by atoms with Crippen LogP contribution >= 0.6 is 0 Å². The van der Waals surface area contributed by atoms with Crippen LogP contribution < -0.4 is 10.2 Å². The van der Waals surface area contributed by atoms with E-state index in [0.29, 0.717) is 5.52 Å². The second-order valence-corrected chi connectivity index (χ2v) is 5.56. The Hall–Kier alpha value is -3.06. The molecule has 1 aromatic heterocycles. The number of nitrogens with zero attached hydrogens (tertiary/aromatic N) is 4. The van der Waals surface area contributed by atoms with E-state index < -0.39 is 17.2 Å². The molecule has 2 aromatic rings. The molecule has 1 fully saturated rings. The number of aromatic nitrogens is 1. The van der Waals surface area contributed by atoms with E-state index in [0.717, 1.165) is 18.9 Å². The normalized spacial score (nSPS) is 13.4. The number of ether oxygens (including phenoxy) is 2. The molecule has 0 spiro atoms. The molecule has 0 unspecified atom stereocenters. The van der Waals surface area contributed by atoms with E-state index in [9.17, 15) is 14.0 Å². The third-order valence-electron chi connectivity index (χ3n) is 3.98. The second kappa shape index (κ2) is 6.45. The van der Waals surface area contributed by atoms with Gasteiger partial charge >= 0.3 is 5.97 Å². The molecule has 1 aliphatic carbocycles. The van der Waals surface area contributed by atoms with Crippen molar-refractivity contribution >= 4 is 22.6 Å². The van der Waals surface area contributed by atoms with Gasteiger partial charge in [-0.25, -0.2) is 9.18 Å². The lowest BCUT2D eigenvalue weighted by molar-refractivity contribution is 0.0524. The van der Waals surface area contributed by atoms with Gasteiger partial charge in [0.05, 0.1) is 24.6 Å². The minimum atomic E-state index is -0.900. The summed E-state index contributed by atoms with van der Waals surface area (Å²) in [4.78, 5) is 27.4. The molecule has 0 radical (unpaired) electrons. The van der Waals surface area contributed by atoms with Crippen LogP contribution in [0.2, 0.25) is 0 Å². The predicted octanol–water partition coefficient (Wildman–Crippen LogP) is 3.60. The smallest absolute Gasteiger partial charge is 0.343 e. The van der Waals surface area contributed by atoms with E-state index >= 15 is 0 Å². The van der Waals surface area contributed by atoms with Crippen molar-refractivity contribution in [3.8, 4) is 5.75 Å². The van der Waals surface area contributed by atoms with Crippen molar-refractivity contribution < 1.29 is 18.7 Å². The van der Waals surface area contributed by atoms with Gasteiger partial charge in [0.25, 0.3) is 0 Å². The summed E-state index contributed by atoms with van der Waals surface area (Å²) in [7, 11) is 1.30. The van der Waals surface area contributed by atoms with Gasteiger partial charge in [0.2, 0.25) is 5.43 Å². The van der Waals surface area contributed by atoms with Crippen molar-refractivity contribution in [1.29, 1.82) is 0 Å². The van der Waals surface area contributed by atoms with Crippen LogP contribution in [0.25, 0.3) is 21.3 Å². The number of pyridine rings is 1. The zero-order chi connectivity index (χ0) is 18.1. The Kier molecular flexibility index (Phi) is 4.33. The summed E-state index contributed by atoms with van der Waals surface area (Å²) in [6, 6.07) is 1.01. The van der Waals surface area contributed by atoms with Gasteiger partial charge in [0, 0.05) is 17.2 Å². The van der Waals surface area contributed by atoms with E-state index in [1.807, 2.05) is 0 Å². The predicted molar refractivity (Wildman–Crippen MR) is 87.8 cm³/mol. The van der Waals surface area contributed by atoms with Crippen molar-refractivity contribution in [2.24, 2.45) is 5.11 Å². The van der Waals surface area contributed by atoms with Gasteiger partial charge in [-0.05, 0) is 31.4 Å². The van der Waals surface area contributed by atoms with E-state index in [1.165, 1.54) is 13.3 Å². The largest absolute Gasteiger partial charge is 0.494 e. The van der Waals surface area contributed by atoms with Gasteiger partial charge in [-0.3, -0.25) is 4.79 Å². The molecule has 1 saturated carbocycles. The van der Waals surface area contributed by atoms with Gasteiger partial charge in [-0.1, -0.05) is 5.11 Å². The first-order valence-electron chi connectivity index (χ1n) is 7.71. The van der Waals surface area contributed by atoms with Crippen molar-refractivity contribution in [3.63, 3.8) is 0 Å². The summed E-state index contributed by atoms with van der Waals surface area (Å²) >= 11 is 0. The zero-order valence-electron chi connectivity index (χ0n) is 13.7. The highest BCUT2D eigenvalue weighted by Gasteiger charge is 2.30. The molecule has 3 rings (SSSR count). The summed E-state index contributed by atoms with van der Waals surface area (Å²) < 4.78 is 26.2. The first-order chi connectivity index (χ1) is 12.0. The Morgan fingerprint density at radius 2 is 2.24 bits per heavy atom. The molecule has 9 heteroatoms. The number of fused-ring (bicyclic) bond motifs is 1. The number of halogens is 1. The average molecular weight is 346 g/mol. The standard InChI is InChI=1S/C16H15FN4O4/c1-3-25-16(23)10-7-21(8-4-5-8)13-9(14(10)22)6-11(17)12(19-20-18)15(13)24-2/h6-8H,3-5H2,1-2H3. The van der Waals surface area contributed by atoms with E-state index in [2.05, 4.69) is 10.0 Å². The Labute approximate surface area is 141 Å². The van der Waals surface area contributed by atoms with E-state index in [-0.39, 0.29) is 35.0 Å². The van der Waals surface area contributed by atoms with Crippen LogP contribution in [0, 0.1) is 5.82 Å². The molecule has 0 bridgehead atoms. The molecule has 25 heavy (non-hydrogen) atoms. The molecule has 0 N–H and O–H groups in total. The molecular weight excluding hydrogens is 331 g/mol. The molecule has 1 aromatic carbocycles. The molecule has 1 heterocycles. The first-order valence-corrected chi connectivity index (χ1v) is 7.71. The fourth-order valence-electron chi connectivity index (χ4n) is 2.77. The fraction of sp³-hybridized carbons (Fsp3) is 0.375. The number of methoxy groups -OCH3 is 1. The molecule has 0 amide bonds. The maximum atomic E-state index is 14.4. The van der Waals surface area contributed by atoms with Gasteiger partial charge in [-0.15, -0.1) is 0 Å². The van der Waals surface area contributed by atoms with Crippen LogP contribution in [0.1, 0.15) is 36.2 Å². The summed E-state index contributed by atoms with van der Waals surface area (Å²) in [6.45, 7) is 1.75. The zero-order valence-corrected chi connectivity index (χ0v) is 13.7. The Morgan fingerprint density at radius 1 is 1.52 bits per heavy atom. The molecule has 8 nitrogen and oxygen atoms in total. The monoisotopic (exact) mass is 346 g/mol. The number of hydrogen-bond donors (Lipinski definition) is 0. The lowest BCUT2D eigenvalue weighted by Gasteiger charge is -2.17. The highest BCUT2D eigenvalue weighted by atomic mass is 19.1. The van der Waals surface area contributed by atoms with Crippen LogP contribution in [-0.4, -0.2) is 24.3 Å². The molecular formula is C16H15FN4O4. The molecule has 0 saturated heterocycles. The number of hydrogen-bond acceptors (Lipinski definition) is 5. The number of rotatable bonds is 5. The highest BCUT2D eigenvalue weighted by molar-refractivity contribution is 5.97. The minimum absolute atomic E-state index is 0.0244. The number of carbonyl (C=O) groups is 1. The third kappa shape index (κ3) is 2.78. The van der Waals surface area contributed by atoms with Crippen LogP contribution in [-0.2, 0) is 4.74 Å². The Morgan fingerprint density at radius 3 is 2.80 bits per heavy atom. The number of azide groups is 1. The summed E-state index contributed by atoms with van der Waals surface area (Å²) in [5, 5.41) is 3.31. The minimum Gasteiger partial charge on any atom is -0.494 e. The number of esters is 1. The van der Waals surface area contributed by atoms with Gasteiger partial charge in [0.15, 0.2) is 5.75 Å². The molecule has 0 atom stereocenters. The maximum absolute atomic E-state index is 14.4. The van der Waals surface area contributed by atoms with Crippen LogP contribution in [0.15, 0.2) is 22.2 Å². The lowest BCUT2D eigenvalue weighted by atomic mass is 10.1.